The number of carbonyl (C=O) groups is 2. The molecule has 1 aromatic heterocycles. The minimum atomic E-state index is -0.562. The summed E-state index contributed by atoms with van der Waals surface area (Å²) in [7, 11) is 5.55. The van der Waals surface area contributed by atoms with Crippen molar-refractivity contribution in [2.24, 2.45) is 0 Å². The molecule has 2 rings (SSSR count). The van der Waals surface area contributed by atoms with Gasteiger partial charge in [-0.15, -0.1) is 0 Å². The number of para-hydroxylation sites is 1. The van der Waals surface area contributed by atoms with Crippen molar-refractivity contribution in [1.29, 1.82) is 0 Å². The third-order valence-corrected chi connectivity index (χ3v) is 4.67. The third-order valence-electron chi connectivity index (χ3n) is 3.70. The van der Waals surface area contributed by atoms with E-state index in [0.29, 0.717) is 22.6 Å². The summed E-state index contributed by atoms with van der Waals surface area (Å²) in [6, 6.07) is 6.60. The van der Waals surface area contributed by atoms with Gasteiger partial charge >= 0.3 is 6.03 Å². The molecule has 0 aliphatic carbocycles. The molecule has 0 saturated carbocycles. The first-order chi connectivity index (χ1) is 12.4. The number of imide groups is 1. The van der Waals surface area contributed by atoms with E-state index in [1.807, 2.05) is 12.1 Å². The largest absolute Gasteiger partial charge is 0.341 e. The van der Waals surface area contributed by atoms with Crippen LogP contribution >= 0.6 is 11.8 Å². The molecule has 0 bridgehead atoms. The van der Waals surface area contributed by atoms with E-state index in [9.17, 15) is 14.4 Å². The van der Waals surface area contributed by atoms with E-state index in [1.165, 1.54) is 11.9 Å². The summed E-state index contributed by atoms with van der Waals surface area (Å²) in [5.41, 5.74) is 0.486. The fourth-order valence-electron chi connectivity index (χ4n) is 2.40. The van der Waals surface area contributed by atoms with Gasteiger partial charge in [0.05, 0.1) is 37.3 Å². The summed E-state index contributed by atoms with van der Waals surface area (Å²) in [5, 5.41) is 5.56. The molecule has 0 aliphatic rings. The lowest BCUT2D eigenvalue weighted by atomic mass is 10.2. The van der Waals surface area contributed by atoms with Crippen LogP contribution in [0.1, 0.15) is 6.42 Å². The van der Waals surface area contributed by atoms with Crippen LogP contribution in [0.4, 0.5) is 4.79 Å². The van der Waals surface area contributed by atoms with Crippen molar-refractivity contribution in [2.75, 3.05) is 33.4 Å². The van der Waals surface area contributed by atoms with E-state index >= 15 is 0 Å². The van der Waals surface area contributed by atoms with E-state index < -0.39 is 11.9 Å². The highest BCUT2D eigenvalue weighted by Crippen LogP contribution is 2.17. The van der Waals surface area contributed by atoms with Crippen molar-refractivity contribution in [2.45, 2.75) is 18.1 Å². The number of nitrogens with zero attached hydrogens (tertiary/aromatic N) is 2. The summed E-state index contributed by atoms with van der Waals surface area (Å²) in [5.74, 6) is -0.446. The lowest BCUT2D eigenvalue weighted by Crippen LogP contribution is -3.05. The minimum Gasteiger partial charge on any atom is -0.341 e. The molecule has 8 nitrogen and oxygen atoms in total. The molecule has 1 heterocycles. The Bertz CT molecular complexity index is 850. The van der Waals surface area contributed by atoms with Gasteiger partial charge in [0.15, 0.2) is 5.16 Å². The fraction of sp³-hybridized carbons (Fsp3) is 0.412. The molecule has 26 heavy (non-hydrogen) atoms. The Morgan fingerprint density at radius 2 is 2.00 bits per heavy atom. The van der Waals surface area contributed by atoms with Gasteiger partial charge in [0.1, 0.15) is 0 Å². The Morgan fingerprint density at radius 3 is 2.69 bits per heavy atom. The smallest absolute Gasteiger partial charge is 0.321 e. The zero-order valence-corrected chi connectivity index (χ0v) is 16.0. The number of amides is 3. The van der Waals surface area contributed by atoms with Crippen LogP contribution < -0.4 is 21.1 Å². The van der Waals surface area contributed by atoms with Crippen LogP contribution in [0.5, 0.6) is 0 Å². The zero-order chi connectivity index (χ0) is 19.1. The number of fused-ring (bicyclic) bond motifs is 1. The first kappa shape index (κ1) is 19.9. The Balaban J connectivity index is 2.25. The second-order valence-corrected chi connectivity index (χ2v) is 7.04. The van der Waals surface area contributed by atoms with Gasteiger partial charge in [-0.05, 0) is 12.1 Å². The molecule has 2 aromatic rings. The number of nitrogens with one attached hydrogen (secondary N) is 3. The quantitative estimate of drug-likeness (QED) is 0.445. The van der Waals surface area contributed by atoms with Gasteiger partial charge in [-0.2, -0.15) is 0 Å². The number of aromatic nitrogens is 2. The molecule has 0 atom stereocenters. The van der Waals surface area contributed by atoms with Crippen LogP contribution in [0.15, 0.2) is 34.2 Å². The van der Waals surface area contributed by atoms with E-state index in [-0.39, 0.29) is 11.3 Å². The van der Waals surface area contributed by atoms with Gasteiger partial charge in [0.2, 0.25) is 5.91 Å². The molecule has 3 amide bonds. The predicted molar refractivity (Wildman–Crippen MR) is 102 cm³/mol. The average Bonchev–Trinajstić information content (AvgIpc) is 2.61. The van der Waals surface area contributed by atoms with Gasteiger partial charge < -0.3 is 10.2 Å². The maximum Gasteiger partial charge on any atom is 0.321 e. The SMILES string of the molecule is CNC(=O)NC(=O)CSc1nc2ccccc2c(=O)n1CCC[NH+](C)C. The van der Waals surface area contributed by atoms with Crippen LogP contribution in [-0.2, 0) is 11.3 Å². The third kappa shape index (κ3) is 5.30. The number of hydrogen-bond acceptors (Lipinski definition) is 5. The predicted octanol–water partition coefficient (Wildman–Crippen LogP) is -0.521. The highest BCUT2D eigenvalue weighted by atomic mass is 32.2. The van der Waals surface area contributed by atoms with Crippen molar-refractivity contribution in [3.63, 3.8) is 0 Å². The molecular weight excluding hydrogens is 354 g/mol. The van der Waals surface area contributed by atoms with Gasteiger partial charge in [0, 0.05) is 20.0 Å². The Hall–Kier alpha value is -2.39. The van der Waals surface area contributed by atoms with Crippen LogP contribution in [0.25, 0.3) is 10.9 Å². The second kappa shape index (κ2) is 9.35. The van der Waals surface area contributed by atoms with E-state index in [1.54, 1.807) is 16.7 Å². The molecule has 0 radical (unpaired) electrons. The van der Waals surface area contributed by atoms with Gasteiger partial charge in [-0.25, -0.2) is 9.78 Å². The number of benzene rings is 1. The number of hydrogen-bond donors (Lipinski definition) is 3. The Labute approximate surface area is 156 Å². The first-order valence-electron chi connectivity index (χ1n) is 8.35. The van der Waals surface area contributed by atoms with Gasteiger partial charge in [0.25, 0.3) is 5.56 Å². The topological polar surface area (TPSA) is 97.5 Å². The molecule has 140 valence electrons. The maximum atomic E-state index is 12.8. The van der Waals surface area contributed by atoms with Crippen molar-refractivity contribution < 1.29 is 14.5 Å². The standard InChI is InChI=1S/C17H23N5O3S/c1-18-16(25)20-14(23)11-26-17-19-13-8-5-4-7-12(13)15(24)22(17)10-6-9-21(2)3/h4-5,7-8H,6,9-11H2,1-3H3,(H2,18,20,23,25)/p+1. The highest BCUT2D eigenvalue weighted by Gasteiger charge is 2.14. The molecule has 9 heteroatoms. The second-order valence-electron chi connectivity index (χ2n) is 6.09. The van der Waals surface area contributed by atoms with Crippen LogP contribution in [0, 0.1) is 0 Å². The first-order valence-corrected chi connectivity index (χ1v) is 9.34. The van der Waals surface area contributed by atoms with Gasteiger partial charge in [-0.1, -0.05) is 23.9 Å². The van der Waals surface area contributed by atoms with Gasteiger partial charge in [-0.3, -0.25) is 19.5 Å². The number of rotatable bonds is 7. The molecule has 0 saturated heterocycles. The minimum absolute atomic E-state index is 0.00285. The molecule has 3 N–H and O–H groups in total. The lowest BCUT2D eigenvalue weighted by Gasteiger charge is -2.14. The number of urea groups is 1. The monoisotopic (exact) mass is 378 g/mol. The normalized spacial score (nSPS) is 10.9. The van der Waals surface area contributed by atoms with E-state index in [0.717, 1.165) is 24.7 Å². The van der Waals surface area contributed by atoms with Crippen LogP contribution in [-0.4, -0.2) is 54.9 Å². The molecule has 0 unspecified atom stereocenters. The summed E-state index contributed by atoms with van der Waals surface area (Å²) >= 11 is 1.15. The number of thioether (sulfide) groups is 1. The Morgan fingerprint density at radius 1 is 1.27 bits per heavy atom. The summed E-state index contributed by atoms with van der Waals surface area (Å²) in [6.45, 7) is 1.45. The van der Waals surface area contributed by atoms with Crippen LogP contribution in [0.3, 0.4) is 0 Å². The van der Waals surface area contributed by atoms with Crippen LogP contribution in [0.2, 0.25) is 0 Å². The summed E-state index contributed by atoms with van der Waals surface area (Å²) in [4.78, 5) is 41.7. The highest BCUT2D eigenvalue weighted by molar-refractivity contribution is 7.99. The average molecular weight is 378 g/mol. The maximum absolute atomic E-state index is 12.8. The summed E-state index contributed by atoms with van der Waals surface area (Å²) in [6.07, 6.45) is 0.820. The van der Waals surface area contributed by atoms with Crippen molar-refractivity contribution in [3.05, 3.63) is 34.6 Å². The Kier molecular flexibility index (Phi) is 7.16. The molecule has 0 fully saturated rings. The lowest BCUT2D eigenvalue weighted by molar-refractivity contribution is -0.858. The van der Waals surface area contributed by atoms with Crippen molar-refractivity contribution >= 4 is 34.6 Å². The zero-order valence-electron chi connectivity index (χ0n) is 15.2. The van der Waals surface area contributed by atoms with Crippen molar-refractivity contribution in [1.82, 2.24) is 20.2 Å². The molecule has 1 aromatic carbocycles. The number of quaternary nitrogens is 1. The summed E-state index contributed by atoms with van der Waals surface area (Å²) < 4.78 is 1.61. The molecule has 0 spiro atoms. The number of carbonyl (C=O) groups excluding carboxylic acids is 2. The van der Waals surface area contributed by atoms with E-state index in [2.05, 4.69) is 29.7 Å². The van der Waals surface area contributed by atoms with Crippen molar-refractivity contribution in [3.8, 4) is 0 Å². The molecular formula is C17H24N5O3S+. The van der Waals surface area contributed by atoms with E-state index in [4.69, 9.17) is 0 Å². The fourth-order valence-corrected chi connectivity index (χ4v) is 3.23. The molecule has 0 aliphatic heterocycles.